The van der Waals surface area contributed by atoms with Crippen LogP contribution in [0.15, 0.2) is 30.5 Å². The minimum Gasteiger partial charge on any atom is -0.471 e. The maximum absolute atomic E-state index is 17.1. The fraction of sp³-hybridized carbons (Fsp3) is 0.525. The molecule has 0 bridgehead atoms. The molecule has 2 aromatic heterocycles. The molecule has 0 radical (unpaired) electrons. The Bertz CT molecular complexity index is 2010. The van der Waals surface area contributed by atoms with Crippen LogP contribution in [-0.4, -0.2) is 64.9 Å². The number of rotatable bonds is 8. The number of hydrogen-bond donors (Lipinski definition) is 1. The Kier molecular flexibility index (Phi) is 9.83. The van der Waals surface area contributed by atoms with Crippen LogP contribution in [0.3, 0.4) is 0 Å². The lowest BCUT2D eigenvalue weighted by molar-refractivity contribution is 0.102. The van der Waals surface area contributed by atoms with Crippen LogP contribution < -0.4 is 15.2 Å². The Hall–Kier alpha value is -3.88. The molecule has 2 atom stereocenters. The maximum Gasteiger partial charge on any atom is 0.320 e. The van der Waals surface area contributed by atoms with Crippen LogP contribution in [0.2, 0.25) is 16.6 Å². The van der Waals surface area contributed by atoms with E-state index in [0.29, 0.717) is 51.6 Å². The van der Waals surface area contributed by atoms with E-state index >= 15 is 8.78 Å². The number of ether oxygens (including phenoxy) is 2. The number of pyridine rings is 1. The van der Waals surface area contributed by atoms with Crippen molar-refractivity contribution in [1.29, 1.82) is 0 Å². The summed E-state index contributed by atoms with van der Waals surface area (Å²) in [5, 5.41) is 1.31. The van der Waals surface area contributed by atoms with Crippen LogP contribution in [0, 0.1) is 23.1 Å². The van der Waals surface area contributed by atoms with Crippen molar-refractivity contribution in [3.63, 3.8) is 0 Å². The van der Waals surface area contributed by atoms with Gasteiger partial charge in [-0.05, 0) is 80.4 Å². The minimum atomic E-state index is -2.25. The van der Waals surface area contributed by atoms with Crippen LogP contribution in [-0.2, 0) is 0 Å². The molecular weight excluding hydrogens is 668 g/mol. The Morgan fingerprint density at radius 1 is 1.06 bits per heavy atom. The molecule has 2 aromatic carbocycles. The first kappa shape index (κ1) is 36.9. The van der Waals surface area contributed by atoms with Gasteiger partial charge in [-0.15, -0.1) is 5.54 Å². The van der Waals surface area contributed by atoms with Gasteiger partial charge in [-0.3, -0.25) is 9.88 Å². The molecule has 0 spiro atoms. The number of fused-ring (bicyclic) bond motifs is 3. The molecule has 2 aliphatic heterocycles. The Labute approximate surface area is 300 Å². The van der Waals surface area contributed by atoms with Crippen LogP contribution in [0.1, 0.15) is 87.1 Å². The highest BCUT2D eigenvalue weighted by atomic mass is 28.3. The van der Waals surface area contributed by atoms with E-state index in [9.17, 15) is 4.39 Å². The molecule has 0 unspecified atom stereocenters. The van der Waals surface area contributed by atoms with Gasteiger partial charge in [0.2, 0.25) is 5.88 Å². The van der Waals surface area contributed by atoms with E-state index in [1.54, 1.807) is 18.2 Å². The smallest absolute Gasteiger partial charge is 0.320 e. The van der Waals surface area contributed by atoms with Gasteiger partial charge < -0.3 is 15.2 Å². The van der Waals surface area contributed by atoms with Crippen molar-refractivity contribution in [3.05, 3.63) is 47.7 Å². The molecule has 51 heavy (non-hydrogen) atoms. The zero-order valence-corrected chi connectivity index (χ0v) is 32.3. The van der Waals surface area contributed by atoms with Crippen molar-refractivity contribution in [2.24, 2.45) is 0 Å². The third-order valence-electron chi connectivity index (χ3n) is 10.9. The fourth-order valence-electron chi connectivity index (χ4n) is 8.66. The Balaban J connectivity index is 1.53. The molecule has 4 heterocycles. The first-order valence-corrected chi connectivity index (χ1v) is 20.3. The van der Waals surface area contributed by atoms with E-state index in [-0.39, 0.29) is 40.7 Å². The summed E-state index contributed by atoms with van der Waals surface area (Å²) in [4.78, 5) is 15.8. The van der Waals surface area contributed by atoms with Gasteiger partial charge in [0.05, 0.1) is 16.5 Å². The molecule has 2 aliphatic rings. The minimum absolute atomic E-state index is 0.0588. The van der Waals surface area contributed by atoms with Crippen molar-refractivity contribution in [1.82, 2.24) is 19.9 Å². The molecular formula is C40H50F3N5O2Si. The molecule has 272 valence electrons. The largest absolute Gasteiger partial charge is 0.471 e. The molecule has 2 N–H and O–H groups in total. The van der Waals surface area contributed by atoms with Gasteiger partial charge >= 0.3 is 6.01 Å². The first-order valence-electron chi connectivity index (χ1n) is 18.1. The van der Waals surface area contributed by atoms with Crippen molar-refractivity contribution in [3.8, 4) is 34.6 Å². The first-order chi connectivity index (χ1) is 24.0. The van der Waals surface area contributed by atoms with E-state index < -0.39 is 37.0 Å². The van der Waals surface area contributed by atoms with E-state index in [0.717, 1.165) is 19.4 Å². The lowest BCUT2D eigenvalue weighted by atomic mass is 9.95. The summed E-state index contributed by atoms with van der Waals surface area (Å²) in [5.74, 6) is 2.15. The van der Waals surface area contributed by atoms with Gasteiger partial charge in [0, 0.05) is 35.8 Å². The van der Waals surface area contributed by atoms with Gasteiger partial charge in [-0.1, -0.05) is 53.5 Å². The zero-order chi connectivity index (χ0) is 37.0. The SMILES string of the molecule is CC(C)[Si](C#Cc1c(F)ccc2cc(N)cc(-c3ncc4c(OC(C)(C)C)nc(OC[C@@]56CCCN5C[C@H](F)C6)nc4c3F)c12)(C(C)C)C(C)C. The monoisotopic (exact) mass is 717 g/mol. The Morgan fingerprint density at radius 3 is 2.43 bits per heavy atom. The molecule has 11 heteroatoms. The summed E-state index contributed by atoms with van der Waals surface area (Å²) in [6, 6.07) is 6.28. The van der Waals surface area contributed by atoms with Gasteiger partial charge in [-0.25, -0.2) is 13.2 Å². The molecule has 7 nitrogen and oxygen atoms in total. The van der Waals surface area contributed by atoms with Crippen molar-refractivity contribution >= 4 is 35.4 Å². The van der Waals surface area contributed by atoms with Crippen LogP contribution in [0.4, 0.5) is 18.9 Å². The number of anilines is 1. The molecule has 0 aliphatic carbocycles. The molecule has 2 saturated heterocycles. The highest BCUT2D eigenvalue weighted by Crippen LogP contribution is 2.43. The second kappa shape index (κ2) is 13.6. The van der Waals surface area contributed by atoms with E-state index in [2.05, 4.69) is 72.9 Å². The highest BCUT2D eigenvalue weighted by molar-refractivity contribution is 6.90. The fourth-order valence-corrected chi connectivity index (χ4v) is 13.9. The molecule has 0 saturated carbocycles. The van der Waals surface area contributed by atoms with Gasteiger partial charge in [-0.2, -0.15) is 9.97 Å². The number of aromatic nitrogens is 3. The molecule has 2 fully saturated rings. The summed E-state index contributed by atoms with van der Waals surface area (Å²) in [6.45, 7) is 20.1. The number of nitrogen functional groups attached to an aromatic ring is 1. The number of halogens is 3. The average molecular weight is 718 g/mol. The van der Waals surface area contributed by atoms with Crippen molar-refractivity contribution < 1.29 is 22.6 Å². The number of benzene rings is 2. The van der Waals surface area contributed by atoms with E-state index in [1.165, 1.54) is 12.3 Å². The van der Waals surface area contributed by atoms with Gasteiger partial charge in [0.25, 0.3) is 0 Å². The summed E-state index contributed by atoms with van der Waals surface area (Å²) in [5.41, 5.74) is 10.6. The van der Waals surface area contributed by atoms with Crippen molar-refractivity contribution in [2.45, 2.75) is 116 Å². The quantitative estimate of drug-likeness (QED) is 0.110. The predicted molar refractivity (Wildman–Crippen MR) is 201 cm³/mol. The molecule has 6 rings (SSSR count). The standard InChI is InChI=1S/C40H50F3N5O2Si/c1-23(2)51(24(3)4,25(5)6)16-13-29-32(42)12-11-26-17-28(44)18-30(33(26)29)35-34(43)36-31(20-45-35)37(50-39(7,8)9)47-38(46-36)49-22-40-14-10-15-48(40)21-27(41)19-40/h11-12,17-18,20,23-25,27H,10,14-15,19,21-22,44H2,1-9H3/t27-,40+/m1/s1. The number of hydrogen-bond acceptors (Lipinski definition) is 7. The molecule has 4 aromatic rings. The summed E-state index contributed by atoms with van der Waals surface area (Å²) in [7, 11) is -2.25. The number of nitrogens with zero attached hydrogens (tertiary/aromatic N) is 4. The second-order valence-corrected chi connectivity index (χ2v) is 21.9. The predicted octanol–water partition coefficient (Wildman–Crippen LogP) is 9.41. The summed E-state index contributed by atoms with van der Waals surface area (Å²) < 4.78 is 59.8. The van der Waals surface area contributed by atoms with E-state index in [4.69, 9.17) is 15.2 Å². The van der Waals surface area contributed by atoms with Crippen LogP contribution in [0.5, 0.6) is 11.9 Å². The van der Waals surface area contributed by atoms with Crippen molar-refractivity contribution in [2.75, 3.05) is 25.4 Å². The lowest BCUT2D eigenvalue weighted by Crippen LogP contribution is -2.43. The summed E-state index contributed by atoms with van der Waals surface area (Å²) >= 11 is 0. The second-order valence-electron chi connectivity index (χ2n) is 16.3. The van der Waals surface area contributed by atoms with E-state index in [1.807, 2.05) is 20.8 Å². The topological polar surface area (TPSA) is 86.4 Å². The third kappa shape index (κ3) is 6.77. The number of nitrogens with two attached hydrogens (primary N) is 1. The lowest BCUT2D eigenvalue weighted by Gasteiger charge is -2.38. The zero-order valence-electron chi connectivity index (χ0n) is 31.3. The maximum atomic E-state index is 17.1. The summed E-state index contributed by atoms with van der Waals surface area (Å²) in [6.07, 6.45) is 2.66. The highest BCUT2D eigenvalue weighted by Gasteiger charge is 2.49. The van der Waals surface area contributed by atoms with Crippen LogP contribution in [0.25, 0.3) is 32.9 Å². The Morgan fingerprint density at radius 2 is 1.76 bits per heavy atom. The molecule has 0 amide bonds. The van der Waals surface area contributed by atoms with Gasteiger partial charge in [0.15, 0.2) is 5.82 Å². The third-order valence-corrected chi connectivity index (χ3v) is 17.2. The number of alkyl halides is 1. The average Bonchev–Trinajstić information content (AvgIpc) is 3.56. The normalized spacial score (nSPS) is 19.7. The van der Waals surface area contributed by atoms with Gasteiger partial charge in [0.1, 0.15) is 43.5 Å². The van der Waals surface area contributed by atoms with Crippen LogP contribution >= 0.6 is 0 Å².